The van der Waals surface area contributed by atoms with Crippen molar-refractivity contribution in [2.75, 3.05) is 0 Å². The maximum absolute atomic E-state index is 12.1. The Morgan fingerprint density at radius 1 is 1.47 bits per heavy atom. The van der Waals surface area contributed by atoms with Crippen LogP contribution in [0, 0.1) is 6.92 Å². The number of nitrogens with one attached hydrogen (secondary N) is 1. The van der Waals surface area contributed by atoms with E-state index in [1.807, 2.05) is 13.0 Å². The molecule has 1 unspecified atom stereocenters. The summed E-state index contributed by atoms with van der Waals surface area (Å²) in [4.78, 5) is 23.1. The van der Waals surface area contributed by atoms with Crippen LogP contribution in [0.5, 0.6) is 0 Å². The highest BCUT2D eigenvalue weighted by atomic mass is 79.9. The van der Waals surface area contributed by atoms with Crippen LogP contribution >= 0.6 is 15.9 Å². The third-order valence-corrected chi connectivity index (χ3v) is 3.70. The molecule has 0 aromatic heterocycles. The number of aryl methyl sites for hydroxylation is 1. The number of carboxylic acids is 1. The summed E-state index contributed by atoms with van der Waals surface area (Å²) in [5.41, 5.74) is 1.36. The fourth-order valence-corrected chi connectivity index (χ4v) is 2.00. The van der Waals surface area contributed by atoms with Gasteiger partial charge in [0.1, 0.15) is 6.04 Å². The van der Waals surface area contributed by atoms with E-state index in [1.54, 1.807) is 31.2 Å². The zero-order chi connectivity index (χ0) is 14.4. The van der Waals surface area contributed by atoms with E-state index in [0.29, 0.717) is 10.0 Å². The van der Waals surface area contributed by atoms with Crippen LogP contribution in [-0.2, 0) is 4.79 Å². The van der Waals surface area contributed by atoms with Gasteiger partial charge in [0.25, 0.3) is 5.91 Å². The summed E-state index contributed by atoms with van der Waals surface area (Å²) >= 11 is 3.34. The van der Waals surface area contributed by atoms with Crippen molar-refractivity contribution in [2.24, 2.45) is 0 Å². The first-order valence-electron chi connectivity index (χ1n) is 5.87. The quantitative estimate of drug-likeness (QED) is 0.818. The largest absolute Gasteiger partial charge is 0.480 e. The van der Waals surface area contributed by atoms with E-state index in [0.717, 1.165) is 5.56 Å². The highest BCUT2D eigenvalue weighted by molar-refractivity contribution is 9.10. The van der Waals surface area contributed by atoms with Crippen LogP contribution in [0.3, 0.4) is 0 Å². The Bertz CT molecular complexity index is 511. The lowest BCUT2D eigenvalue weighted by Gasteiger charge is -2.14. The lowest BCUT2D eigenvalue weighted by atomic mass is 10.1. The molecule has 0 aliphatic carbocycles. The van der Waals surface area contributed by atoms with E-state index in [9.17, 15) is 9.59 Å². The number of allylic oxidation sites excluding steroid dienone is 1. The minimum atomic E-state index is -1.05. The van der Waals surface area contributed by atoms with Crippen molar-refractivity contribution in [1.29, 1.82) is 0 Å². The fraction of sp³-hybridized carbons (Fsp3) is 0.286. The first-order valence-corrected chi connectivity index (χ1v) is 6.66. The smallest absolute Gasteiger partial charge is 0.326 e. The highest BCUT2D eigenvalue weighted by Gasteiger charge is 2.20. The molecule has 4 nitrogen and oxygen atoms in total. The van der Waals surface area contributed by atoms with Crippen LogP contribution in [0.25, 0.3) is 0 Å². The first-order chi connectivity index (χ1) is 8.97. The highest BCUT2D eigenvalue weighted by Crippen LogP contribution is 2.21. The molecule has 0 saturated heterocycles. The van der Waals surface area contributed by atoms with Gasteiger partial charge in [0.2, 0.25) is 0 Å². The summed E-state index contributed by atoms with van der Waals surface area (Å²) < 4.78 is 0.683. The number of carbonyl (C=O) groups is 2. The summed E-state index contributed by atoms with van der Waals surface area (Å²) in [6.07, 6.45) is 3.73. The molecule has 1 rings (SSSR count). The van der Waals surface area contributed by atoms with Crippen molar-refractivity contribution in [3.05, 3.63) is 46.0 Å². The lowest BCUT2D eigenvalue weighted by molar-refractivity contribution is -0.139. The molecule has 1 aromatic rings. The molecule has 19 heavy (non-hydrogen) atoms. The number of aliphatic carboxylic acids is 1. The minimum absolute atomic E-state index is 0.265. The molecule has 1 atom stereocenters. The van der Waals surface area contributed by atoms with E-state index in [-0.39, 0.29) is 6.42 Å². The number of hydrogen-bond donors (Lipinski definition) is 2. The van der Waals surface area contributed by atoms with Gasteiger partial charge in [0, 0.05) is 4.47 Å². The molecule has 102 valence electrons. The summed E-state index contributed by atoms with van der Waals surface area (Å²) in [6, 6.07) is 4.36. The average molecular weight is 326 g/mol. The molecule has 0 fully saturated rings. The van der Waals surface area contributed by atoms with Gasteiger partial charge in [-0.2, -0.15) is 0 Å². The van der Waals surface area contributed by atoms with Crippen molar-refractivity contribution in [3.63, 3.8) is 0 Å². The van der Waals surface area contributed by atoms with Crippen molar-refractivity contribution in [3.8, 4) is 0 Å². The molecule has 5 heteroatoms. The summed E-state index contributed by atoms with van der Waals surface area (Å²) in [5.74, 6) is -1.44. The van der Waals surface area contributed by atoms with Crippen molar-refractivity contribution < 1.29 is 14.7 Å². The van der Waals surface area contributed by atoms with Gasteiger partial charge >= 0.3 is 5.97 Å². The lowest BCUT2D eigenvalue weighted by Crippen LogP contribution is -2.40. The third-order valence-electron chi connectivity index (χ3n) is 2.65. The molecule has 0 aliphatic heterocycles. The minimum Gasteiger partial charge on any atom is -0.480 e. The third kappa shape index (κ3) is 4.21. The average Bonchev–Trinajstić information content (AvgIpc) is 2.37. The van der Waals surface area contributed by atoms with Gasteiger partial charge in [-0.15, -0.1) is 0 Å². The second kappa shape index (κ2) is 7.09. The Labute approximate surface area is 120 Å². The molecule has 0 spiro atoms. The molecule has 0 heterocycles. The maximum Gasteiger partial charge on any atom is 0.326 e. The molecular formula is C14H16BrNO3. The van der Waals surface area contributed by atoms with Gasteiger partial charge in [-0.1, -0.05) is 24.3 Å². The van der Waals surface area contributed by atoms with Crippen LogP contribution in [0.15, 0.2) is 34.8 Å². The van der Waals surface area contributed by atoms with Gasteiger partial charge in [-0.25, -0.2) is 4.79 Å². The number of benzene rings is 1. The zero-order valence-corrected chi connectivity index (χ0v) is 12.4. The Morgan fingerprint density at radius 3 is 2.74 bits per heavy atom. The Balaban J connectivity index is 2.88. The van der Waals surface area contributed by atoms with E-state index < -0.39 is 17.9 Å². The zero-order valence-electron chi connectivity index (χ0n) is 10.8. The number of halogens is 1. The fourth-order valence-electron chi connectivity index (χ4n) is 1.55. The molecular weight excluding hydrogens is 310 g/mol. The summed E-state index contributed by atoms with van der Waals surface area (Å²) in [5, 5.41) is 11.6. The molecule has 2 N–H and O–H groups in total. The molecule has 1 amide bonds. The van der Waals surface area contributed by atoms with Gasteiger partial charge < -0.3 is 10.4 Å². The first kappa shape index (κ1) is 15.4. The van der Waals surface area contributed by atoms with Crippen LogP contribution < -0.4 is 5.32 Å². The van der Waals surface area contributed by atoms with Gasteiger partial charge in [-0.3, -0.25) is 4.79 Å². The maximum atomic E-state index is 12.1. The van der Waals surface area contributed by atoms with E-state index in [2.05, 4.69) is 21.2 Å². The van der Waals surface area contributed by atoms with E-state index in [1.165, 1.54) is 0 Å². The number of carboxylic acid groups (broad SMARTS) is 1. The number of hydrogen-bond acceptors (Lipinski definition) is 2. The number of amides is 1. The van der Waals surface area contributed by atoms with Crippen LogP contribution in [0.2, 0.25) is 0 Å². The predicted molar refractivity (Wildman–Crippen MR) is 77.2 cm³/mol. The Hall–Kier alpha value is -1.62. The molecule has 0 radical (unpaired) electrons. The van der Waals surface area contributed by atoms with Crippen LogP contribution in [0.1, 0.15) is 29.3 Å². The normalized spacial score (nSPS) is 12.4. The SMILES string of the molecule is C/C=C/CC(NC(=O)c1cccc(C)c1Br)C(=O)O. The number of carbonyl (C=O) groups excluding carboxylic acids is 1. The van der Waals surface area contributed by atoms with E-state index in [4.69, 9.17) is 5.11 Å². The molecule has 0 bridgehead atoms. The summed E-state index contributed by atoms with van der Waals surface area (Å²) in [6.45, 7) is 3.67. The van der Waals surface area contributed by atoms with Crippen molar-refractivity contribution >= 4 is 27.8 Å². The molecule has 0 saturated carbocycles. The Kier molecular flexibility index (Phi) is 5.76. The molecule has 1 aromatic carbocycles. The Morgan fingerprint density at radius 2 is 2.16 bits per heavy atom. The van der Waals surface area contributed by atoms with E-state index >= 15 is 0 Å². The van der Waals surface area contributed by atoms with Gasteiger partial charge in [-0.05, 0) is 47.8 Å². The van der Waals surface area contributed by atoms with Gasteiger partial charge in [0.05, 0.1) is 5.56 Å². The summed E-state index contributed by atoms with van der Waals surface area (Å²) in [7, 11) is 0. The standard InChI is InChI=1S/C14H16BrNO3/c1-3-4-8-11(14(18)19)16-13(17)10-7-5-6-9(2)12(10)15/h3-7,11H,8H2,1-2H3,(H,16,17)(H,18,19)/b4-3+. The van der Waals surface area contributed by atoms with Crippen LogP contribution in [-0.4, -0.2) is 23.0 Å². The molecule has 0 aliphatic rings. The number of rotatable bonds is 5. The monoisotopic (exact) mass is 325 g/mol. The van der Waals surface area contributed by atoms with Crippen molar-refractivity contribution in [2.45, 2.75) is 26.3 Å². The topological polar surface area (TPSA) is 66.4 Å². The predicted octanol–water partition coefficient (Wildman–Crippen LogP) is 2.91. The second-order valence-electron chi connectivity index (χ2n) is 4.11. The second-order valence-corrected chi connectivity index (χ2v) is 4.90. The van der Waals surface area contributed by atoms with Crippen LogP contribution in [0.4, 0.5) is 0 Å². The van der Waals surface area contributed by atoms with Crippen molar-refractivity contribution in [1.82, 2.24) is 5.32 Å². The van der Waals surface area contributed by atoms with Gasteiger partial charge in [0.15, 0.2) is 0 Å².